The molecule has 5 fully saturated rings. The molecule has 4 amide bonds. The minimum atomic E-state index is -0.575. The number of aromatic nitrogens is 3. The molecular formula is C42H51F2N9O5. The molecule has 1 aromatic carbocycles. The second-order valence-electron chi connectivity index (χ2n) is 16.3. The number of ether oxygens (including phenoxy) is 1. The van der Waals surface area contributed by atoms with Crippen LogP contribution in [0.1, 0.15) is 88.5 Å². The van der Waals surface area contributed by atoms with E-state index < -0.39 is 11.9 Å². The van der Waals surface area contributed by atoms with E-state index in [1.54, 1.807) is 12.1 Å². The Hall–Kier alpha value is -5.09. The van der Waals surface area contributed by atoms with Gasteiger partial charge in [-0.3, -0.25) is 29.4 Å². The number of morpholine rings is 1. The van der Waals surface area contributed by atoms with E-state index in [1.807, 2.05) is 12.1 Å². The van der Waals surface area contributed by atoms with Gasteiger partial charge in [-0.05, 0) is 119 Å². The summed E-state index contributed by atoms with van der Waals surface area (Å²) in [6.45, 7) is 2.57. The molecule has 8 rings (SSSR count). The molecule has 0 radical (unpaired) electrons. The van der Waals surface area contributed by atoms with Crippen molar-refractivity contribution in [2.45, 2.75) is 107 Å². The number of likely N-dealkylation sites (tertiary alicyclic amines) is 1. The Bertz CT molecular complexity index is 2000. The number of pyridine rings is 1. The van der Waals surface area contributed by atoms with Crippen molar-refractivity contribution >= 4 is 41.1 Å². The number of piperidine rings is 2. The van der Waals surface area contributed by atoms with E-state index in [9.17, 15) is 23.6 Å². The number of amides is 4. The molecule has 0 bridgehead atoms. The number of hydrogen-bond acceptors (Lipinski definition) is 11. The van der Waals surface area contributed by atoms with Crippen molar-refractivity contribution in [3.05, 3.63) is 59.9 Å². The predicted molar refractivity (Wildman–Crippen MR) is 212 cm³/mol. The lowest BCUT2D eigenvalue weighted by Crippen LogP contribution is -2.47. The number of halogens is 2. The summed E-state index contributed by atoms with van der Waals surface area (Å²) in [5, 5.41) is 12.1. The number of carbonyl (C=O) groups excluding carboxylic acids is 4. The first-order chi connectivity index (χ1) is 28.2. The van der Waals surface area contributed by atoms with Crippen LogP contribution in [-0.2, 0) is 23.9 Å². The van der Waals surface area contributed by atoms with Gasteiger partial charge in [-0.15, -0.1) is 0 Å². The van der Waals surface area contributed by atoms with Crippen molar-refractivity contribution in [1.29, 1.82) is 0 Å². The fourth-order valence-corrected chi connectivity index (χ4v) is 9.26. The summed E-state index contributed by atoms with van der Waals surface area (Å²) in [5.41, 5.74) is 1.86. The highest BCUT2D eigenvalue weighted by molar-refractivity contribution is 6.01. The van der Waals surface area contributed by atoms with Gasteiger partial charge in [0.1, 0.15) is 30.0 Å². The summed E-state index contributed by atoms with van der Waals surface area (Å²) >= 11 is 0. The molecule has 2 saturated carbocycles. The summed E-state index contributed by atoms with van der Waals surface area (Å²) < 4.78 is 35.4. The first-order valence-corrected chi connectivity index (χ1v) is 20.7. The highest BCUT2D eigenvalue weighted by Gasteiger charge is 2.33. The number of nitrogens with one attached hydrogen (secondary N) is 4. The summed E-state index contributed by atoms with van der Waals surface area (Å²) in [5.74, 6) is -0.771. The van der Waals surface area contributed by atoms with Crippen LogP contribution >= 0.6 is 0 Å². The van der Waals surface area contributed by atoms with Gasteiger partial charge in [0, 0.05) is 47.9 Å². The second-order valence-corrected chi connectivity index (χ2v) is 16.3. The summed E-state index contributed by atoms with van der Waals surface area (Å²) in [6.07, 6.45) is 12.0. The summed E-state index contributed by atoms with van der Waals surface area (Å²) in [6, 6.07) is 8.55. The van der Waals surface area contributed by atoms with Crippen LogP contribution in [0.2, 0.25) is 0 Å². The van der Waals surface area contributed by atoms with Gasteiger partial charge in [0.15, 0.2) is 5.82 Å². The van der Waals surface area contributed by atoms with Crippen LogP contribution in [0.15, 0.2) is 42.7 Å². The molecule has 58 heavy (non-hydrogen) atoms. The number of nitrogens with zero attached hydrogens (tertiary/aromatic N) is 5. The van der Waals surface area contributed by atoms with Crippen molar-refractivity contribution < 1.29 is 32.7 Å². The number of anilines is 3. The monoisotopic (exact) mass is 799 g/mol. The zero-order valence-corrected chi connectivity index (χ0v) is 32.6. The van der Waals surface area contributed by atoms with E-state index in [-0.39, 0.29) is 72.1 Å². The molecule has 4 N–H and O–H groups in total. The van der Waals surface area contributed by atoms with Crippen LogP contribution in [0.5, 0.6) is 0 Å². The Balaban J connectivity index is 0.754. The maximum Gasteiger partial charge on any atom is 0.254 e. The molecule has 308 valence electrons. The van der Waals surface area contributed by atoms with Gasteiger partial charge in [0.25, 0.3) is 5.91 Å². The van der Waals surface area contributed by atoms with Crippen LogP contribution < -0.4 is 26.2 Å². The lowest BCUT2D eigenvalue weighted by Gasteiger charge is -2.41. The van der Waals surface area contributed by atoms with Gasteiger partial charge < -0.3 is 25.6 Å². The Labute approximate surface area is 336 Å². The Morgan fingerprint density at radius 1 is 0.828 bits per heavy atom. The lowest BCUT2D eigenvalue weighted by molar-refractivity contribution is -0.133. The number of hydrogen-bond donors (Lipinski definition) is 4. The third-order valence-electron chi connectivity index (χ3n) is 12.6. The van der Waals surface area contributed by atoms with E-state index in [0.29, 0.717) is 54.2 Å². The molecule has 3 aliphatic heterocycles. The third kappa shape index (κ3) is 9.28. The average Bonchev–Trinajstić information content (AvgIpc) is 3.23. The minimum Gasteiger partial charge on any atom is -0.374 e. The molecule has 2 aromatic heterocycles. The molecule has 3 saturated heterocycles. The van der Waals surface area contributed by atoms with E-state index >= 15 is 4.39 Å². The quantitative estimate of drug-likeness (QED) is 0.210. The molecule has 2 aliphatic carbocycles. The van der Waals surface area contributed by atoms with Crippen LogP contribution in [-0.4, -0.2) is 100 Å². The summed E-state index contributed by atoms with van der Waals surface area (Å²) in [4.78, 5) is 66.3. The first-order valence-electron chi connectivity index (χ1n) is 20.7. The van der Waals surface area contributed by atoms with Crippen molar-refractivity contribution in [2.75, 3.05) is 48.4 Å². The van der Waals surface area contributed by atoms with E-state index in [2.05, 4.69) is 41.1 Å². The molecule has 1 atom stereocenters. The van der Waals surface area contributed by atoms with Gasteiger partial charge in [0.05, 0.1) is 19.3 Å². The van der Waals surface area contributed by atoms with Crippen LogP contribution in [0, 0.1) is 17.6 Å². The molecule has 16 heteroatoms. The summed E-state index contributed by atoms with van der Waals surface area (Å²) in [7, 11) is 0. The van der Waals surface area contributed by atoms with E-state index in [4.69, 9.17) is 4.74 Å². The number of imide groups is 1. The highest BCUT2D eigenvalue weighted by atomic mass is 19.1. The van der Waals surface area contributed by atoms with E-state index in [1.165, 1.54) is 17.2 Å². The molecule has 14 nitrogen and oxygen atoms in total. The van der Waals surface area contributed by atoms with Crippen LogP contribution in [0.25, 0.3) is 11.3 Å². The SMILES string of the molecule is O=C1CCC(Nc2ccc(C3CCN(C4CCC(NC(=O)C5CCC(Nc6ncc(F)c(-c7ccnc(N8CCOCC8=O)c7)n6)CC5)CC4)CC3)c(F)c2)C(=O)N1. The number of benzene rings is 1. The van der Waals surface area contributed by atoms with Crippen molar-refractivity contribution in [2.24, 2.45) is 5.92 Å². The maximum atomic E-state index is 15.3. The largest absolute Gasteiger partial charge is 0.374 e. The first kappa shape index (κ1) is 39.7. The Morgan fingerprint density at radius 3 is 2.34 bits per heavy atom. The standard InChI is InChI=1S/C42H51F2N9O5/c43-33-22-30(47-35-11-12-37(54)50-41(35)57)7-10-32(33)25-14-17-52(18-15-25)31-8-5-28(6-9-31)48-40(56)26-1-3-29(4-2-26)49-42-46-23-34(44)39(51-42)27-13-16-45-36(21-27)53-19-20-58-24-38(53)55/h7,10,13,16,21-23,25-26,28-29,31,35,47H,1-6,8-9,11-12,14-15,17-20,24H2,(H,48,56)(H,46,49,51)(H,50,54,57). The van der Waals surface area contributed by atoms with Gasteiger partial charge in [-0.1, -0.05) is 6.07 Å². The molecule has 1 unspecified atom stereocenters. The van der Waals surface area contributed by atoms with Crippen LogP contribution in [0.3, 0.4) is 0 Å². The van der Waals surface area contributed by atoms with Crippen LogP contribution in [0.4, 0.5) is 26.2 Å². The number of carbonyl (C=O) groups is 4. The second kappa shape index (κ2) is 17.8. The Kier molecular flexibility index (Phi) is 12.2. The maximum absolute atomic E-state index is 15.3. The van der Waals surface area contributed by atoms with Gasteiger partial charge in [-0.25, -0.2) is 23.7 Å². The molecule has 5 aliphatic rings. The fraction of sp³-hybridized carbons (Fsp3) is 0.548. The fourth-order valence-electron chi connectivity index (χ4n) is 9.26. The predicted octanol–water partition coefficient (Wildman–Crippen LogP) is 4.67. The van der Waals surface area contributed by atoms with Crippen molar-refractivity contribution in [1.82, 2.24) is 30.5 Å². The van der Waals surface area contributed by atoms with Crippen molar-refractivity contribution in [3.8, 4) is 11.3 Å². The Morgan fingerprint density at radius 2 is 1.60 bits per heavy atom. The number of rotatable bonds is 10. The smallest absolute Gasteiger partial charge is 0.254 e. The van der Waals surface area contributed by atoms with Crippen molar-refractivity contribution in [3.63, 3.8) is 0 Å². The average molecular weight is 800 g/mol. The normalized spacial score (nSPS) is 26.2. The molecule has 0 spiro atoms. The zero-order chi connectivity index (χ0) is 40.2. The van der Waals surface area contributed by atoms with Gasteiger partial charge >= 0.3 is 0 Å². The van der Waals surface area contributed by atoms with Gasteiger partial charge in [0.2, 0.25) is 23.7 Å². The zero-order valence-electron chi connectivity index (χ0n) is 32.6. The van der Waals surface area contributed by atoms with E-state index in [0.717, 1.165) is 83.5 Å². The minimum absolute atomic E-state index is 0.0183. The molecular weight excluding hydrogens is 749 g/mol. The molecule has 5 heterocycles. The topological polar surface area (TPSA) is 171 Å². The van der Waals surface area contributed by atoms with Gasteiger partial charge in [-0.2, -0.15) is 0 Å². The third-order valence-corrected chi connectivity index (χ3v) is 12.6. The molecule has 3 aromatic rings. The lowest BCUT2D eigenvalue weighted by atomic mass is 9.83. The highest BCUT2D eigenvalue weighted by Crippen LogP contribution is 2.35.